The largest absolute Gasteiger partial charge is 0.481 e. The Morgan fingerprint density at radius 1 is 1.23 bits per heavy atom. The zero-order chi connectivity index (χ0) is 18.4. The van der Waals surface area contributed by atoms with Gasteiger partial charge in [-0.15, -0.1) is 10.2 Å². The number of amides is 1. The molecule has 1 heterocycles. The summed E-state index contributed by atoms with van der Waals surface area (Å²) < 4.78 is 24.1. The fourth-order valence-electron chi connectivity index (χ4n) is 1.95. The van der Waals surface area contributed by atoms with Crippen LogP contribution in [0, 0.1) is 5.82 Å². The Kier molecular flexibility index (Phi) is 6.08. The predicted molar refractivity (Wildman–Crippen MR) is 95.8 cm³/mol. The first-order chi connectivity index (χ1) is 12.6. The maximum Gasteiger partial charge on any atom is 0.277 e. The smallest absolute Gasteiger partial charge is 0.277 e. The molecule has 0 fully saturated rings. The van der Waals surface area contributed by atoms with E-state index in [0.717, 1.165) is 11.8 Å². The summed E-state index contributed by atoms with van der Waals surface area (Å²) in [5, 5.41) is 11.1. The van der Waals surface area contributed by atoms with E-state index in [9.17, 15) is 9.18 Å². The highest BCUT2D eigenvalue weighted by Gasteiger charge is 2.11. The number of thioether (sulfide) groups is 1. The van der Waals surface area contributed by atoms with Gasteiger partial charge >= 0.3 is 0 Å². The van der Waals surface area contributed by atoms with E-state index >= 15 is 0 Å². The number of hydrogen-bond acceptors (Lipinski definition) is 6. The number of rotatable bonds is 7. The SMILES string of the molecule is O=C(CSc1nnc(COc2ccccc2F)o1)Nc1cccc(Cl)c1. The molecule has 0 aliphatic heterocycles. The average molecular weight is 394 g/mol. The molecule has 134 valence electrons. The summed E-state index contributed by atoms with van der Waals surface area (Å²) in [6.45, 7) is -0.0663. The summed E-state index contributed by atoms with van der Waals surface area (Å²) in [5.74, 6) is -0.340. The van der Waals surface area contributed by atoms with E-state index in [1.807, 2.05) is 0 Å². The fourth-order valence-corrected chi connectivity index (χ4v) is 2.72. The van der Waals surface area contributed by atoms with Gasteiger partial charge in [-0.3, -0.25) is 4.79 Å². The van der Waals surface area contributed by atoms with Crippen LogP contribution in [-0.4, -0.2) is 21.9 Å². The highest BCUT2D eigenvalue weighted by Crippen LogP contribution is 2.20. The van der Waals surface area contributed by atoms with Crippen LogP contribution in [-0.2, 0) is 11.4 Å². The molecule has 0 aliphatic rings. The summed E-state index contributed by atoms with van der Waals surface area (Å²) in [4.78, 5) is 11.9. The van der Waals surface area contributed by atoms with E-state index < -0.39 is 5.82 Å². The van der Waals surface area contributed by atoms with Crippen molar-refractivity contribution < 1.29 is 18.3 Å². The van der Waals surface area contributed by atoms with E-state index in [1.54, 1.807) is 36.4 Å². The van der Waals surface area contributed by atoms with Gasteiger partial charge in [0.25, 0.3) is 11.1 Å². The van der Waals surface area contributed by atoms with Crippen molar-refractivity contribution in [3.63, 3.8) is 0 Å². The van der Waals surface area contributed by atoms with Crippen molar-refractivity contribution in [2.24, 2.45) is 0 Å². The van der Waals surface area contributed by atoms with Crippen LogP contribution < -0.4 is 10.1 Å². The summed E-state index contributed by atoms with van der Waals surface area (Å²) >= 11 is 6.95. The molecular weight excluding hydrogens is 381 g/mol. The zero-order valence-corrected chi connectivity index (χ0v) is 14.9. The molecule has 6 nitrogen and oxygen atoms in total. The molecule has 0 unspecified atom stereocenters. The number of nitrogens with one attached hydrogen (secondary N) is 1. The number of nitrogens with zero attached hydrogens (tertiary/aromatic N) is 2. The van der Waals surface area contributed by atoms with Crippen LogP contribution in [0.25, 0.3) is 0 Å². The third-order valence-electron chi connectivity index (χ3n) is 3.07. The zero-order valence-electron chi connectivity index (χ0n) is 13.3. The minimum atomic E-state index is -0.473. The molecule has 1 amide bonds. The Labute approximate surface area is 157 Å². The lowest BCUT2D eigenvalue weighted by Crippen LogP contribution is -2.13. The van der Waals surface area contributed by atoms with Gasteiger partial charge in [-0.05, 0) is 30.3 Å². The van der Waals surface area contributed by atoms with Gasteiger partial charge in [-0.1, -0.05) is 41.6 Å². The normalized spacial score (nSPS) is 10.5. The molecule has 26 heavy (non-hydrogen) atoms. The van der Waals surface area contributed by atoms with Crippen molar-refractivity contribution in [3.05, 3.63) is 65.3 Å². The van der Waals surface area contributed by atoms with Crippen molar-refractivity contribution in [2.75, 3.05) is 11.1 Å². The second-order valence-corrected chi connectivity index (χ2v) is 6.39. The topological polar surface area (TPSA) is 77.2 Å². The second kappa shape index (κ2) is 8.68. The number of aromatic nitrogens is 2. The van der Waals surface area contributed by atoms with Crippen LogP contribution in [0.15, 0.2) is 58.2 Å². The number of halogens is 2. The minimum absolute atomic E-state index is 0.0663. The molecule has 3 rings (SSSR count). The van der Waals surface area contributed by atoms with Crippen molar-refractivity contribution in [1.29, 1.82) is 0 Å². The van der Waals surface area contributed by atoms with E-state index in [2.05, 4.69) is 15.5 Å². The van der Waals surface area contributed by atoms with Gasteiger partial charge in [0.05, 0.1) is 5.75 Å². The van der Waals surface area contributed by atoms with Crippen LogP contribution in [0.3, 0.4) is 0 Å². The Hall–Kier alpha value is -2.58. The van der Waals surface area contributed by atoms with E-state index in [-0.39, 0.29) is 35.1 Å². The van der Waals surface area contributed by atoms with Gasteiger partial charge in [-0.25, -0.2) is 4.39 Å². The molecule has 3 aromatic rings. The highest BCUT2D eigenvalue weighted by atomic mass is 35.5. The summed E-state index contributed by atoms with van der Waals surface area (Å²) in [7, 11) is 0. The molecule has 0 saturated heterocycles. The number of benzene rings is 2. The molecule has 0 spiro atoms. The average Bonchev–Trinajstić information content (AvgIpc) is 3.07. The summed E-state index contributed by atoms with van der Waals surface area (Å²) in [5.41, 5.74) is 0.604. The van der Waals surface area contributed by atoms with Crippen LogP contribution in [0.2, 0.25) is 5.02 Å². The van der Waals surface area contributed by atoms with Gasteiger partial charge in [0.1, 0.15) is 0 Å². The maximum atomic E-state index is 13.5. The number of carbonyl (C=O) groups excluding carboxylic acids is 1. The molecule has 9 heteroatoms. The van der Waals surface area contributed by atoms with Crippen LogP contribution in [0.5, 0.6) is 5.75 Å². The third-order valence-corrected chi connectivity index (χ3v) is 4.12. The highest BCUT2D eigenvalue weighted by molar-refractivity contribution is 7.99. The van der Waals surface area contributed by atoms with Gasteiger partial charge < -0.3 is 14.5 Å². The third kappa shape index (κ3) is 5.21. The van der Waals surface area contributed by atoms with Crippen LogP contribution in [0.1, 0.15) is 5.89 Å². The lowest BCUT2D eigenvalue weighted by molar-refractivity contribution is -0.113. The number of ether oxygens (including phenoxy) is 1. The van der Waals surface area contributed by atoms with E-state index in [1.165, 1.54) is 12.1 Å². The monoisotopic (exact) mass is 393 g/mol. The quantitative estimate of drug-likeness (QED) is 0.607. The fraction of sp³-hybridized carbons (Fsp3) is 0.118. The van der Waals surface area contributed by atoms with Crippen molar-refractivity contribution in [2.45, 2.75) is 11.8 Å². The second-order valence-electron chi connectivity index (χ2n) is 5.03. The molecule has 0 saturated carbocycles. The molecule has 1 N–H and O–H groups in total. The van der Waals surface area contributed by atoms with Crippen molar-refractivity contribution >= 4 is 35.0 Å². The molecular formula is C17H13ClFN3O3S. The lowest BCUT2D eigenvalue weighted by atomic mass is 10.3. The van der Waals surface area contributed by atoms with Crippen LogP contribution in [0.4, 0.5) is 10.1 Å². The Bertz CT molecular complexity index is 906. The molecule has 1 aromatic heterocycles. The Morgan fingerprint density at radius 2 is 2.08 bits per heavy atom. The van der Waals surface area contributed by atoms with Crippen molar-refractivity contribution in [3.8, 4) is 5.75 Å². The van der Waals surface area contributed by atoms with Gasteiger partial charge in [0.15, 0.2) is 18.2 Å². The maximum absolute atomic E-state index is 13.5. The Morgan fingerprint density at radius 3 is 2.88 bits per heavy atom. The summed E-state index contributed by atoms with van der Waals surface area (Å²) in [6, 6.07) is 12.9. The van der Waals surface area contributed by atoms with Gasteiger partial charge in [-0.2, -0.15) is 0 Å². The first-order valence-electron chi connectivity index (χ1n) is 7.48. The number of anilines is 1. The molecule has 0 radical (unpaired) electrons. The van der Waals surface area contributed by atoms with E-state index in [4.69, 9.17) is 20.8 Å². The van der Waals surface area contributed by atoms with Gasteiger partial charge in [0.2, 0.25) is 5.91 Å². The standard InChI is InChI=1S/C17H13ClFN3O3S/c18-11-4-3-5-12(8-11)20-15(23)10-26-17-22-21-16(25-17)9-24-14-7-2-1-6-13(14)19/h1-8H,9-10H2,(H,20,23). The lowest BCUT2D eigenvalue weighted by Gasteiger charge is -2.04. The van der Waals surface area contributed by atoms with Crippen molar-refractivity contribution in [1.82, 2.24) is 10.2 Å². The number of carbonyl (C=O) groups is 1. The molecule has 0 aliphatic carbocycles. The molecule has 0 atom stereocenters. The summed E-state index contributed by atoms with van der Waals surface area (Å²) in [6.07, 6.45) is 0. The van der Waals surface area contributed by atoms with Gasteiger partial charge in [0, 0.05) is 10.7 Å². The first kappa shape index (κ1) is 18.2. The van der Waals surface area contributed by atoms with Crippen LogP contribution >= 0.6 is 23.4 Å². The van der Waals surface area contributed by atoms with E-state index in [0.29, 0.717) is 10.7 Å². The molecule has 2 aromatic carbocycles. The minimum Gasteiger partial charge on any atom is -0.481 e. The Balaban J connectivity index is 1.47. The molecule has 0 bridgehead atoms. The predicted octanol–water partition coefficient (Wildman–Crippen LogP) is 4.17. The number of hydrogen-bond donors (Lipinski definition) is 1. The first-order valence-corrected chi connectivity index (χ1v) is 8.84. The number of para-hydroxylation sites is 1.